The molecule has 104 valence electrons. The van der Waals surface area contributed by atoms with Gasteiger partial charge >= 0.3 is 0 Å². The van der Waals surface area contributed by atoms with Crippen molar-refractivity contribution in [2.24, 2.45) is 5.92 Å². The number of aliphatic hydroxyl groups is 1. The van der Waals surface area contributed by atoms with E-state index in [0.29, 0.717) is 26.0 Å². The standard InChI is InChI=1S/C12H19F2NO3/c13-12(14)3-1-2-9(6-12)11(17)15-4-5-18-8-10(15)7-16/h9-10,16H,1-8H2. The molecule has 1 heterocycles. The van der Waals surface area contributed by atoms with Crippen molar-refractivity contribution in [1.29, 1.82) is 0 Å². The topological polar surface area (TPSA) is 49.8 Å². The first kappa shape index (κ1) is 13.7. The van der Waals surface area contributed by atoms with Gasteiger partial charge in [-0.2, -0.15) is 0 Å². The Balaban J connectivity index is 2.01. The molecule has 0 radical (unpaired) electrons. The molecule has 18 heavy (non-hydrogen) atoms. The summed E-state index contributed by atoms with van der Waals surface area (Å²) >= 11 is 0. The summed E-state index contributed by atoms with van der Waals surface area (Å²) in [6.45, 7) is 0.887. The van der Waals surface area contributed by atoms with Gasteiger partial charge in [-0.15, -0.1) is 0 Å². The zero-order valence-corrected chi connectivity index (χ0v) is 10.3. The number of hydrogen-bond acceptors (Lipinski definition) is 3. The van der Waals surface area contributed by atoms with E-state index >= 15 is 0 Å². The molecule has 1 aliphatic heterocycles. The lowest BCUT2D eigenvalue weighted by Crippen LogP contribution is -2.53. The van der Waals surface area contributed by atoms with E-state index in [4.69, 9.17) is 4.74 Å². The van der Waals surface area contributed by atoms with Crippen molar-refractivity contribution in [2.45, 2.75) is 37.6 Å². The number of carbonyl (C=O) groups excluding carboxylic acids is 1. The second-order valence-corrected chi connectivity index (χ2v) is 5.09. The van der Waals surface area contributed by atoms with Crippen LogP contribution in [0.5, 0.6) is 0 Å². The lowest BCUT2D eigenvalue weighted by Gasteiger charge is -2.38. The number of morpholine rings is 1. The Morgan fingerprint density at radius 1 is 1.50 bits per heavy atom. The molecule has 0 bridgehead atoms. The van der Waals surface area contributed by atoms with Crippen LogP contribution in [-0.2, 0) is 9.53 Å². The predicted octanol–water partition coefficient (Wildman–Crippen LogP) is 1.03. The van der Waals surface area contributed by atoms with Crippen LogP contribution in [0.2, 0.25) is 0 Å². The molecule has 0 aromatic carbocycles. The van der Waals surface area contributed by atoms with Crippen molar-refractivity contribution in [3.63, 3.8) is 0 Å². The first-order valence-electron chi connectivity index (χ1n) is 6.40. The molecule has 2 unspecified atom stereocenters. The molecule has 2 fully saturated rings. The highest BCUT2D eigenvalue weighted by molar-refractivity contribution is 5.79. The number of aliphatic hydroxyl groups excluding tert-OH is 1. The van der Waals surface area contributed by atoms with Gasteiger partial charge in [-0.1, -0.05) is 0 Å². The van der Waals surface area contributed by atoms with E-state index in [1.807, 2.05) is 0 Å². The summed E-state index contributed by atoms with van der Waals surface area (Å²) in [4.78, 5) is 13.7. The summed E-state index contributed by atoms with van der Waals surface area (Å²) in [6, 6.07) is -0.387. The largest absolute Gasteiger partial charge is 0.394 e. The Morgan fingerprint density at radius 2 is 2.28 bits per heavy atom. The van der Waals surface area contributed by atoms with Crippen LogP contribution in [0.25, 0.3) is 0 Å². The van der Waals surface area contributed by atoms with E-state index in [1.54, 1.807) is 0 Å². The van der Waals surface area contributed by atoms with E-state index in [1.165, 1.54) is 4.90 Å². The number of hydrogen-bond donors (Lipinski definition) is 1. The average molecular weight is 263 g/mol. The summed E-state index contributed by atoms with van der Waals surface area (Å²) in [6.07, 6.45) is 0.423. The van der Waals surface area contributed by atoms with Gasteiger partial charge in [-0.3, -0.25) is 4.79 Å². The van der Waals surface area contributed by atoms with Crippen LogP contribution in [0.3, 0.4) is 0 Å². The van der Waals surface area contributed by atoms with Gasteiger partial charge in [0, 0.05) is 25.3 Å². The zero-order valence-electron chi connectivity index (χ0n) is 10.3. The molecule has 1 N–H and O–H groups in total. The molecule has 0 aromatic rings. The number of ether oxygens (including phenoxy) is 1. The fourth-order valence-corrected chi connectivity index (χ4v) is 2.71. The molecule has 2 atom stereocenters. The molecule has 0 aromatic heterocycles. The Labute approximate surface area is 105 Å². The number of halogens is 2. The van der Waals surface area contributed by atoms with Crippen molar-refractivity contribution in [2.75, 3.05) is 26.4 Å². The molecule has 1 saturated heterocycles. The van der Waals surface area contributed by atoms with Gasteiger partial charge in [0.15, 0.2) is 0 Å². The predicted molar refractivity (Wildman–Crippen MR) is 60.3 cm³/mol. The number of alkyl halides is 2. The monoisotopic (exact) mass is 263 g/mol. The van der Waals surface area contributed by atoms with Crippen molar-refractivity contribution < 1.29 is 23.4 Å². The summed E-state index contributed by atoms with van der Waals surface area (Å²) in [5.41, 5.74) is 0. The summed E-state index contributed by atoms with van der Waals surface area (Å²) in [5, 5.41) is 9.19. The van der Waals surface area contributed by atoms with Gasteiger partial charge in [0.25, 0.3) is 0 Å². The van der Waals surface area contributed by atoms with Crippen LogP contribution in [0.15, 0.2) is 0 Å². The molecule has 1 amide bonds. The summed E-state index contributed by atoms with van der Waals surface area (Å²) < 4.78 is 31.8. The molecular weight excluding hydrogens is 244 g/mol. The molecule has 4 nitrogen and oxygen atoms in total. The van der Waals surface area contributed by atoms with Crippen LogP contribution in [0.4, 0.5) is 8.78 Å². The first-order valence-corrected chi connectivity index (χ1v) is 6.40. The maximum Gasteiger partial charge on any atom is 0.248 e. The molecule has 6 heteroatoms. The highest BCUT2D eigenvalue weighted by Crippen LogP contribution is 2.37. The van der Waals surface area contributed by atoms with E-state index < -0.39 is 11.8 Å². The molecule has 1 saturated carbocycles. The number of nitrogens with zero attached hydrogens (tertiary/aromatic N) is 1. The van der Waals surface area contributed by atoms with Crippen molar-refractivity contribution in [1.82, 2.24) is 4.90 Å². The maximum absolute atomic E-state index is 13.3. The van der Waals surface area contributed by atoms with Gasteiger partial charge in [-0.25, -0.2) is 8.78 Å². The van der Waals surface area contributed by atoms with Crippen molar-refractivity contribution in [3.05, 3.63) is 0 Å². The lowest BCUT2D eigenvalue weighted by molar-refractivity contribution is -0.152. The minimum Gasteiger partial charge on any atom is -0.394 e. The Hall–Kier alpha value is -0.750. The molecule has 0 spiro atoms. The van der Waals surface area contributed by atoms with E-state index in [2.05, 4.69) is 0 Å². The van der Waals surface area contributed by atoms with Gasteiger partial charge in [-0.05, 0) is 12.8 Å². The maximum atomic E-state index is 13.3. The van der Waals surface area contributed by atoms with Crippen LogP contribution < -0.4 is 0 Å². The molecule has 1 aliphatic carbocycles. The smallest absolute Gasteiger partial charge is 0.248 e. The van der Waals surface area contributed by atoms with Gasteiger partial charge < -0.3 is 14.7 Å². The van der Waals surface area contributed by atoms with Gasteiger partial charge in [0.1, 0.15) is 0 Å². The number of carbonyl (C=O) groups is 1. The van der Waals surface area contributed by atoms with Crippen LogP contribution in [0, 0.1) is 5.92 Å². The SMILES string of the molecule is O=C(C1CCCC(F)(F)C1)N1CCOCC1CO. The van der Waals surface area contributed by atoms with E-state index in [0.717, 1.165) is 0 Å². The third-order valence-corrected chi connectivity index (χ3v) is 3.71. The normalized spacial score (nSPS) is 32.3. The fraction of sp³-hybridized carbons (Fsp3) is 0.917. The van der Waals surface area contributed by atoms with Crippen LogP contribution >= 0.6 is 0 Å². The Bertz CT molecular complexity index is 312. The van der Waals surface area contributed by atoms with Gasteiger partial charge in [0.05, 0.1) is 25.9 Å². The Kier molecular flexibility index (Phi) is 4.17. The van der Waals surface area contributed by atoms with E-state index in [9.17, 15) is 18.7 Å². The molecule has 2 aliphatic rings. The summed E-state index contributed by atoms with van der Waals surface area (Å²) in [7, 11) is 0. The first-order chi connectivity index (χ1) is 8.53. The third-order valence-electron chi connectivity index (χ3n) is 3.71. The van der Waals surface area contributed by atoms with Crippen LogP contribution in [0.1, 0.15) is 25.7 Å². The van der Waals surface area contributed by atoms with Crippen molar-refractivity contribution in [3.8, 4) is 0 Å². The minimum atomic E-state index is -2.72. The lowest BCUT2D eigenvalue weighted by atomic mass is 9.85. The third kappa shape index (κ3) is 2.98. The number of rotatable bonds is 2. The highest BCUT2D eigenvalue weighted by Gasteiger charge is 2.41. The molecule has 2 rings (SSSR count). The average Bonchev–Trinajstić information content (AvgIpc) is 2.36. The zero-order chi connectivity index (χ0) is 13.2. The highest BCUT2D eigenvalue weighted by atomic mass is 19.3. The van der Waals surface area contributed by atoms with Crippen molar-refractivity contribution >= 4 is 5.91 Å². The minimum absolute atomic E-state index is 0.122. The quantitative estimate of drug-likeness (QED) is 0.809. The summed E-state index contributed by atoms with van der Waals surface area (Å²) in [5.74, 6) is -3.59. The molecular formula is C12H19F2NO3. The van der Waals surface area contributed by atoms with Crippen LogP contribution in [-0.4, -0.2) is 54.2 Å². The van der Waals surface area contributed by atoms with Gasteiger partial charge in [0.2, 0.25) is 11.8 Å². The fourth-order valence-electron chi connectivity index (χ4n) is 2.71. The second kappa shape index (κ2) is 5.48. The second-order valence-electron chi connectivity index (χ2n) is 5.09. The Morgan fingerprint density at radius 3 is 2.94 bits per heavy atom. The number of amides is 1. The van der Waals surface area contributed by atoms with E-state index in [-0.39, 0.29) is 38.0 Å².